The van der Waals surface area contributed by atoms with Crippen LogP contribution in [0.2, 0.25) is 0 Å². The lowest BCUT2D eigenvalue weighted by Crippen LogP contribution is -2.29. The van der Waals surface area contributed by atoms with Crippen molar-refractivity contribution < 1.29 is 37.7 Å². The number of hydrogen-bond acceptors (Lipinski definition) is 6. The number of carbonyl (C=O) groups is 2. The van der Waals surface area contributed by atoms with E-state index < -0.39 is 35.1 Å². The molecule has 1 unspecified atom stereocenters. The third-order valence-corrected chi connectivity index (χ3v) is 5.93. The Bertz CT molecular complexity index is 1400. The number of nitrogens with zero attached hydrogens (tertiary/aromatic N) is 1. The van der Waals surface area contributed by atoms with E-state index in [4.69, 9.17) is 14.2 Å². The lowest BCUT2D eigenvalue weighted by atomic mass is 9.94. The molecule has 1 aliphatic rings. The van der Waals surface area contributed by atoms with Crippen LogP contribution in [-0.4, -0.2) is 36.6 Å². The third kappa shape index (κ3) is 5.04. The highest BCUT2D eigenvalue weighted by Gasteiger charge is 2.47. The smallest absolute Gasteiger partial charge is 0.300 e. The quantitative estimate of drug-likeness (QED) is 0.229. The van der Waals surface area contributed by atoms with E-state index in [1.54, 1.807) is 49.4 Å². The van der Waals surface area contributed by atoms with Gasteiger partial charge in [0.2, 0.25) is 0 Å². The van der Waals surface area contributed by atoms with E-state index in [0.717, 1.165) is 17.0 Å². The van der Waals surface area contributed by atoms with Gasteiger partial charge in [0, 0.05) is 17.3 Å². The van der Waals surface area contributed by atoms with Gasteiger partial charge in [0.1, 0.15) is 11.5 Å². The molecule has 38 heavy (non-hydrogen) atoms. The summed E-state index contributed by atoms with van der Waals surface area (Å²) >= 11 is 0. The summed E-state index contributed by atoms with van der Waals surface area (Å²) in [5.41, 5.74) is 0.391. The number of amides is 1. The number of Topliss-reactive ketones (excluding diaryl/α,β-unsaturated/α-hetero) is 1. The van der Waals surface area contributed by atoms with Crippen molar-refractivity contribution in [3.8, 4) is 17.2 Å². The van der Waals surface area contributed by atoms with Crippen LogP contribution in [0.25, 0.3) is 5.76 Å². The zero-order chi connectivity index (χ0) is 27.6. The number of aliphatic hydroxyl groups excluding tert-OH is 1. The Hall–Kier alpha value is -4.40. The van der Waals surface area contributed by atoms with E-state index in [9.17, 15) is 23.5 Å². The molecule has 1 fully saturated rings. The van der Waals surface area contributed by atoms with Crippen LogP contribution in [0.5, 0.6) is 17.2 Å². The number of hydrogen-bond donors (Lipinski definition) is 1. The molecule has 3 aromatic rings. The first-order chi connectivity index (χ1) is 18.2. The van der Waals surface area contributed by atoms with Crippen LogP contribution in [-0.2, 0) is 9.59 Å². The summed E-state index contributed by atoms with van der Waals surface area (Å²) in [6, 6.07) is 12.9. The van der Waals surface area contributed by atoms with Gasteiger partial charge in [-0.25, -0.2) is 8.78 Å². The normalized spacial score (nSPS) is 16.7. The summed E-state index contributed by atoms with van der Waals surface area (Å²) in [6.45, 7) is 5.85. The molecule has 0 aliphatic carbocycles. The molecular weight excluding hydrogens is 496 g/mol. The highest BCUT2D eigenvalue weighted by Crippen LogP contribution is 2.44. The second-order valence-corrected chi connectivity index (χ2v) is 8.80. The maximum Gasteiger partial charge on any atom is 0.300 e. The molecule has 4 rings (SSSR count). The number of ether oxygens (including phenoxy) is 3. The Morgan fingerprint density at radius 3 is 2.29 bits per heavy atom. The van der Waals surface area contributed by atoms with Crippen molar-refractivity contribution in [3.05, 3.63) is 89.0 Å². The van der Waals surface area contributed by atoms with Gasteiger partial charge in [0.25, 0.3) is 11.7 Å². The fourth-order valence-corrected chi connectivity index (χ4v) is 4.30. The summed E-state index contributed by atoms with van der Waals surface area (Å²) in [4.78, 5) is 27.6. The van der Waals surface area contributed by atoms with E-state index >= 15 is 0 Å². The number of carbonyl (C=O) groups excluding carboxylic acids is 2. The number of anilines is 1. The Labute approximate surface area is 218 Å². The van der Waals surface area contributed by atoms with Crippen molar-refractivity contribution >= 4 is 23.1 Å². The molecule has 1 atom stereocenters. The Morgan fingerprint density at radius 1 is 0.974 bits per heavy atom. The average Bonchev–Trinajstić information content (AvgIpc) is 3.15. The van der Waals surface area contributed by atoms with E-state index in [-0.39, 0.29) is 22.9 Å². The van der Waals surface area contributed by atoms with Crippen LogP contribution in [0.15, 0.2) is 66.2 Å². The molecule has 9 heteroatoms. The van der Waals surface area contributed by atoms with E-state index in [0.29, 0.717) is 29.4 Å². The van der Waals surface area contributed by atoms with Crippen molar-refractivity contribution in [1.29, 1.82) is 0 Å². The van der Waals surface area contributed by atoms with Gasteiger partial charge >= 0.3 is 0 Å². The van der Waals surface area contributed by atoms with Crippen molar-refractivity contribution in [2.45, 2.75) is 32.9 Å². The Morgan fingerprint density at radius 2 is 1.68 bits per heavy atom. The fourth-order valence-electron chi connectivity index (χ4n) is 4.30. The van der Waals surface area contributed by atoms with E-state index in [2.05, 4.69) is 0 Å². The SMILES string of the molecule is CCOc1cc(C2/C(=C(\O)c3ccc(OC(C)C)cc3)C(=O)C(=O)N2c2ccc(F)c(F)c2)ccc1OC. The Balaban J connectivity index is 1.91. The molecule has 0 radical (unpaired) electrons. The molecular formula is C29H27F2NO6. The van der Waals surface area contributed by atoms with Gasteiger partial charge in [-0.2, -0.15) is 0 Å². The minimum Gasteiger partial charge on any atom is -0.507 e. The summed E-state index contributed by atoms with van der Waals surface area (Å²) < 4.78 is 44.5. The van der Waals surface area contributed by atoms with Crippen molar-refractivity contribution in [2.75, 3.05) is 18.6 Å². The number of halogens is 2. The first-order valence-electron chi connectivity index (χ1n) is 12.0. The predicted octanol–water partition coefficient (Wildman–Crippen LogP) is 5.79. The molecule has 0 bridgehead atoms. The minimum absolute atomic E-state index is 0.0514. The molecule has 0 aromatic heterocycles. The summed E-state index contributed by atoms with van der Waals surface area (Å²) in [6.07, 6.45) is -0.0644. The van der Waals surface area contributed by atoms with Gasteiger partial charge in [0.05, 0.1) is 31.4 Å². The molecule has 7 nitrogen and oxygen atoms in total. The zero-order valence-corrected chi connectivity index (χ0v) is 21.3. The second-order valence-electron chi connectivity index (χ2n) is 8.80. The first kappa shape index (κ1) is 26.7. The van der Waals surface area contributed by atoms with E-state index in [1.165, 1.54) is 13.2 Å². The fraction of sp³-hybridized carbons (Fsp3) is 0.241. The average molecular weight is 524 g/mol. The topological polar surface area (TPSA) is 85.3 Å². The van der Waals surface area contributed by atoms with Gasteiger partial charge in [0.15, 0.2) is 23.1 Å². The second kappa shape index (κ2) is 10.9. The van der Waals surface area contributed by atoms with E-state index in [1.807, 2.05) is 13.8 Å². The number of rotatable bonds is 8. The highest BCUT2D eigenvalue weighted by molar-refractivity contribution is 6.51. The van der Waals surface area contributed by atoms with Gasteiger partial charge < -0.3 is 19.3 Å². The van der Waals surface area contributed by atoms with Crippen molar-refractivity contribution in [3.63, 3.8) is 0 Å². The van der Waals surface area contributed by atoms with Gasteiger partial charge in [-0.05, 0) is 74.9 Å². The van der Waals surface area contributed by atoms with Crippen LogP contribution in [0.3, 0.4) is 0 Å². The minimum atomic E-state index is -1.19. The summed E-state index contributed by atoms with van der Waals surface area (Å²) in [7, 11) is 1.47. The van der Waals surface area contributed by atoms with Crippen molar-refractivity contribution in [1.82, 2.24) is 0 Å². The predicted molar refractivity (Wildman–Crippen MR) is 138 cm³/mol. The molecule has 1 amide bonds. The lowest BCUT2D eigenvalue weighted by molar-refractivity contribution is -0.132. The van der Waals surface area contributed by atoms with Crippen molar-refractivity contribution in [2.24, 2.45) is 0 Å². The number of ketones is 1. The van der Waals surface area contributed by atoms with Gasteiger partial charge in [-0.15, -0.1) is 0 Å². The van der Waals surface area contributed by atoms with Crippen LogP contribution in [0, 0.1) is 11.6 Å². The molecule has 1 heterocycles. The van der Waals surface area contributed by atoms with Crippen LogP contribution in [0.1, 0.15) is 37.9 Å². The lowest BCUT2D eigenvalue weighted by Gasteiger charge is -2.26. The van der Waals surface area contributed by atoms with Crippen LogP contribution >= 0.6 is 0 Å². The zero-order valence-electron chi connectivity index (χ0n) is 21.3. The van der Waals surface area contributed by atoms with Crippen LogP contribution < -0.4 is 19.1 Å². The Kier molecular flexibility index (Phi) is 7.66. The van der Waals surface area contributed by atoms with Crippen LogP contribution in [0.4, 0.5) is 14.5 Å². The number of aliphatic hydroxyl groups is 1. The third-order valence-electron chi connectivity index (χ3n) is 5.93. The maximum absolute atomic E-state index is 14.2. The summed E-state index contributed by atoms with van der Waals surface area (Å²) in [5.74, 6) is -3.37. The molecule has 198 valence electrons. The molecule has 1 N–H and O–H groups in total. The number of methoxy groups -OCH3 is 1. The highest BCUT2D eigenvalue weighted by atomic mass is 19.2. The first-order valence-corrected chi connectivity index (χ1v) is 12.0. The summed E-state index contributed by atoms with van der Waals surface area (Å²) in [5, 5.41) is 11.3. The molecule has 3 aromatic carbocycles. The molecule has 1 saturated heterocycles. The standard InChI is InChI=1S/C29H27F2NO6/c1-5-37-24-14-18(8-13-23(24)36-4)26-25(27(33)17-6-10-20(11-7-17)38-16(2)3)28(34)29(35)32(26)19-9-12-21(30)22(31)15-19/h6-16,26,33H,5H2,1-4H3/b27-25+. The molecule has 0 saturated carbocycles. The largest absolute Gasteiger partial charge is 0.507 e. The van der Waals surface area contributed by atoms with Gasteiger partial charge in [-0.3, -0.25) is 14.5 Å². The van der Waals surface area contributed by atoms with Gasteiger partial charge in [-0.1, -0.05) is 6.07 Å². The monoisotopic (exact) mass is 523 g/mol. The maximum atomic E-state index is 14.2. The molecule has 1 aliphatic heterocycles. The number of benzene rings is 3. The molecule has 0 spiro atoms.